The number of nitrogens with zero attached hydrogens (tertiary/aromatic N) is 3. The van der Waals surface area contributed by atoms with Crippen molar-refractivity contribution in [2.45, 2.75) is 40.0 Å². The maximum absolute atomic E-state index is 13.1. The van der Waals surface area contributed by atoms with Gasteiger partial charge in [0, 0.05) is 45.2 Å². The predicted molar refractivity (Wildman–Crippen MR) is 124 cm³/mol. The highest BCUT2D eigenvalue weighted by molar-refractivity contribution is 6.03. The first-order valence-corrected chi connectivity index (χ1v) is 11.8. The molecule has 2 amide bonds. The van der Waals surface area contributed by atoms with Crippen molar-refractivity contribution < 1.29 is 9.59 Å². The number of carbonyl (C=O) groups excluding carboxylic acids is 2. The molecule has 2 heterocycles. The number of carbonyl (C=O) groups is 2. The number of likely N-dealkylation sites (tertiary alicyclic amines) is 1. The third kappa shape index (κ3) is 4.22. The highest BCUT2D eigenvalue weighted by atomic mass is 16.2. The van der Waals surface area contributed by atoms with Crippen LogP contribution in [0.1, 0.15) is 45.6 Å². The maximum Gasteiger partial charge on any atom is 0.235 e. The van der Waals surface area contributed by atoms with Crippen LogP contribution in [0.25, 0.3) is 6.08 Å². The summed E-state index contributed by atoms with van der Waals surface area (Å²) in [6, 6.07) is 10.4. The number of hydrogen-bond donors (Lipinski definition) is 0. The van der Waals surface area contributed by atoms with Gasteiger partial charge in [0.05, 0.1) is 5.41 Å². The first-order chi connectivity index (χ1) is 14.8. The summed E-state index contributed by atoms with van der Waals surface area (Å²) in [7, 11) is 0. The molecule has 2 saturated heterocycles. The van der Waals surface area contributed by atoms with E-state index in [4.69, 9.17) is 0 Å². The second kappa shape index (κ2) is 8.87. The van der Waals surface area contributed by atoms with E-state index in [-0.39, 0.29) is 28.6 Å². The monoisotopic (exact) mass is 423 g/mol. The minimum Gasteiger partial charge on any atom is -0.301 e. The van der Waals surface area contributed by atoms with Crippen LogP contribution < -0.4 is 0 Å². The Balaban J connectivity index is 1.20. The van der Waals surface area contributed by atoms with E-state index < -0.39 is 0 Å². The van der Waals surface area contributed by atoms with Crippen LogP contribution in [0, 0.1) is 16.7 Å². The van der Waals surface area contributed by atoms with Crippen LogP contribution in [0.2, 0.25) is 0 Å². The second-order valence-corrected chi connectivity index (χ2v) is 10.2. The van der Waals surface area contributed by atoms with Crippen LogP contribution in [0.15, 0.2) is 36.4 Å². The van der Waals surface area contributed by atoms with Gasteiger partial charge in [0.1, 0.15) is 0 Å². The lowest BCUT2D eigenvalue weighted by atomic mass is 9.62. The van der Waals surface area contributed by atoms with Gasteiger partial charge in [-0.25, -0.2) is 0 Å². The van der Waals surface area contributed by atoms with Crippen LogP contribution in [0.3, 0.4) is 0 Å². The standard InChI is InChI=1S/C26H37N3O2/c1-25(2)22-12-13-26(25,3)24(31)29(23(22)30)16-8-15-28-19-17-27(18-20-28)14-7-11-21-9-5-4-6-10-21/h4-7,9-11,22H,8,12-20H2,1-3H3/b11-7+. The van der Waals surface area contributed by atoms with Crippen molar-refractivity contribution in [2.75, 3.05) is 45.8 Å². The first kappa shape index (κ1) is 22.2. The van der Waals surface area contributed by atoms with Crippen LogP contribution in [0.4, 0.5) is 0 Å². The summed E-state index contributed by atoms with van der Waals surface area (Å²) in [4.78, 5) is 32.6. The normalized spacial score (nSPS) is 29.3. The summed E-state index contributed by atoms with van der Waals surface area (Å²) in [6.45, 7) is 13.0. The Kier molecular flexibility index (Phi) is 6.36. The highest BCUT2D eigenvalue weighted by Gasteiger charge is 2.64. The molecular formula is C26H37N3O2. The molecule has 0 spiro atoms. The van der Waals surface area contributed by atoms with Gasteiger partial charge in [-0.05, 0) is 36.8 Å². The fourth-order valence-electron chi connectivity index (χ4n) is 5.66. The smallest absolute Gasteiger partial charge is 0.235 e. The van der Waals surface area contributed by atoms with Crippen LogP contribution >= 0.6 is 0 Å². The van der Waals surface area contributed by atoms with Gasteiger partial charge in [-0.15, -0.1) is 0 Å². The fourth-order valence-corrected chi connectivity index (χ4v) is 5.66. The number of rotatable bonds is 7. The Bertz CT molecular complexity index is 826. The molecule has 1 saturated carbocycles. The Labute approximate surface area is 187 Å². The number of piperidine rings is 1. The minimum absolute atomic E-state index is 0.00249. The molecule has 4 rings (SSSR count). The zero-order valence-corrected chi connectivity index (χ0v) is 19.3. The third-order valence-electron chi connectivity index (χ3n) is 8.30. The number of fused-ring (bicyclic) bond motifs is 2. The van der Waals surface area contributed by atoms with Gasteiger partial charge in [0.25, 0.3) is 0 Å². The Hall–Kier alpha value is -1.98. The molecule has 3 aliphatic rings. The summed E-state index contributed by atoms with van der Waals surface area (Å²) in [6.07, 6.45) is 7.00. The molecule has 1 aliphatic carbocycles. The second-order valence-electron chi connectivity index (χ2n) is 10.2. The van der Waals surface area contributed by atoms with Gasteiger partial charge in [0.15, 0.2) is 0 Å². The van der Waals surface area contributed by atoms with Crippen molar-refractivity contribution in [3.63, 3.8) is 0 Å². The average Bonchev–Trinajstić information content (AvgIpc) is 2.96. The number of imide groups is 1. The molecule has 0 aromatic heterocycles. The molecule has 2 unspecified atom stereocenters. The van der Waals surface area contributed by atoms with Crippen LogP contribution in [-0.4, -0.2) is 72.3 Å². The van der Waals surface area contributed by atoms with E-state index in [0.29, 0.717) is 6.54 Å². The lowest BCUT2D eigenvalue weighted by Crippen LogP contribution is -2.59. The van der Waals surface area contributed by atoms with E-state index in [1.165, 1.54) is 5.56 Å². The molecule has 1 aromatic rings. The minimum atomic E-state index is -0.384. The van der Waals surface area contributed by atoms with Gasteiger partial charge in [-0.3, -0.25) is 19.4 Å². The summed E-state index contributed by atoms with van der Waals surface area (Å²) in [5.41, 5.74) is 0.640. The fraction of sp³-hybridized carbons (Fsp3) is 0.615. The molecule has 3 fully saturated rings. The molecule has 2 aliphatic heterocycles. The van der Waals surface area contributed by atoms with E-state index >= 15 is 0 Å². The van der Waals surface area contributed by atoms with E-state index in [1.807, 2.05) is 6.07 Å². The average molecular weight is 424 g/mol. The summed E-state index contributed by atoms with van der Waals surface area (Å²) >= 11 is 0. The number of benzene rings is 1. The van der Waals surface area contributed by atoms with Crippen molar-refractivity contribution in [3.05, 3.63) is 42.0 Å². The molecule has 5 nitrogen and oxygen atoms in total. The summed E-state index contributed by atoms with van der Waals surface area (Å²) < 4.78 is 0. The largest absolute Gasteiger partial charge is 0.301 e. The van der Waals surface area contributed by atoms with E-state index in [9.17, 15) is 9.59 Å². The van der Waals surface area contributed by atoms with E-state index in [1.54, 1.807) is 4.90 Å². The van der Waals surface area contributed by atoms with Crippen molar-refractivity contribution in [1.29, 1.82) is 0 Å². The topological polar surface area (TPSA) is 43.9 Å². The maximum atomic E-state index is 13.1. The zero-order valence-electron chi connectivity index (χ0n) is 19.3. The highest BCUT2D eigenvalue weighted by Crippen LogP contribution is 2.60. The quantitative estimate of drug-likeness (QED) is 0.630. The molecule has 1 aromatic carbocycles. The van der Waals surface area contributed by atoms with Crippen molar-refractivity contribution in [1.82, 2.24) is 14.7 Å². The Morgan fingerprint density at radius 2 is 1.65 bits per heavy atom. The Morgan fingerprint density at radius 1 is 0.968 bits per heavy atom. The summed E-state index contributed by atoms with van der Waals surface area (Å²) in [5, 5.41) is 0. The SMILES string of the molecule is CC12CCC(C(=O)N(CCCN3CCN(C/C=C/c4ccccc4)CC3)C1=O)C2(C)C. The van der Waals surface area contributed by atoms with Crippen molar-refractivity contribution in [3.8, 4) is 0 Å². The number of amides is 2. The molecule has 0 radical (unpaired) electrons. The molecule has 0 N–H and O–H groups in total. The van der Waals surface area contributed by atoms with Crippen LogP contribution in [-0.2, 0) is 9.59 Å². The molecule has 5 heteroatoms. The van der Waals surface area contributed by atoms with Crippen molar-refractivity contribution >= 4 is 17.9 Å². The van der Waals surface area contributed by atoms with Crippen molar-refractivity contribution in [2.24, 2.45) is 16.7 Å². The van der Waals surface area contributed by atoms with E-state index in [2.05, 4.69) is 67.0 Å². The Morgan fingerprint density at radius 3 is 2.35 bits per heavy atom. The van der Waals surface area contributed by atoms with E-state index in [0.717, 1.165) is 58.5 Å². The number of piperazine rings is 1. The van der Waals surface area contributed by atoms with Gasteiger partial charge in [-0.2, -0.15) is 0 Å². The third-order valence-corrected chi connectivity index (χ3v) is 8.30. The van der Waals surface area contributed by atoms with Gasteiger partial charge >= 0.3 is 0 Å². The van der Waals surface area contributed by atoms with Gasteiger partial charge in [0.2, 0.25) is 11.8 Å². The molecule has 2 bridgehead atoms. The first-order valence-electron chi connectivity index (χ1n) is 11.8. The van der Waals surface area contributed by atoms with Gasteiger partial charge < -0.3 is 4.90 Å². The number of hydrogen-bond acceptors (Lipinski definition) is 4. The molecule has 2 atom stereocenters. The van der Waals surface area contributed by atoms with Gasteiger partial charge in [-0.1, -0.05) is 63.3 Å². The summed E-state index contributed by atoms with van der Waals surface area (Å²) in [5.74, 6) is 0.133. The van der Waals surface area contributed by atoms with Crippen LogP contribution in [0.5, 0.6) is 0 Å². The molecule has 31 heavy (non-hydrogen) atoms. The predicted octanol–water partition coefficient (Wildman–Crippen LogP) is 3.52. The zero-order chi connectivity index (χ0) is 22.1. The molecular weight excluding hydrogens is 386 g/mol. The lowest BCUT2D eigenvalue weighted by Gasteiger charge is -2.47. The molecule has 168 valence electrons. The lowest BCUT2D eigenvalue weighted by molar-refractivity contribution is -0.167.